The summed E-state index contributed by atoms with van der Waals surface area (Å²) < 4.78 is 0. The predicted octanol–water partition coefficient (Wildman–Crippen LogP) is 6.49. The number of imidazole rings is 1. The smallest absolute Gasteiger partial charge is 0.159 e. The summed E-state index contributed by atoms with van der Waals surface area (Å²) in [6, 6.07) is 18.9. The van der Waals surface area contributed by atoms with Crippen molar-refractivity contribution in [2.45, 2.75) is 19.3 Å². The van der Waals surface area contributed by atoms with Crippen molar-refractivity contribution in [3.8, 4) is 33.9 Å². The lowest BCUT2D eigenvalue weighted by atomic mass is 10.0. The van der Waals surface area contributed by atoms with Crippen LogP contribution in [0, 0.1) is 0 Å². The van der Waals surface area contributed by atoms with Crippen LogP contribution in [0.25, 0.3) is 55.8 Å². The molecule has 7 rings (SSSR count). The van der Waals surface area contributed by atoms with E-state index in [1.54, 1.807) is 0 Å². The van der Waals surface area contributed by atoms with E-state index in [-0.39, 0.29) is 0 Å². The number of hydrogen-bond donors (Lipinski definition) is 3. The lowest BCUT2D eigenvalue weighted by Crippen LogP contribution is -2.00. The van der Waals surface area contributed by atoms with Crippen molar-refractivity contribution in [2.75, 3.05) is 5.32 Å². The average molecular weight is 470 g/mol. The van der Waals surface area contributed by atoms with Gasteiger partial charge in [-0.25, -0.2) is 4.98 Å². The van der Waals surface area contributed by atoms with E-state index in [1.165, 1.54) is 5.56 Å². The number of nitrogens with zero attached hydrogens (tertiary/aromatic N) is 4. The molecular formula is C29H23N7. The second-order valence-electron chi connectivity index (χ2n) is 9.22. The number of aromatic nitrogens is 6. The Bertz CT molecular complexity index is 1780. The van der Waals surface area contributed by atoms with Crippen LogP contribution in [0.1, 0.15) is 18.4 Å². The topological polar surface area (TPSA) is 95.2 Å². The molecule has 3 N–H and O–H groups in total. The molecule has 8 bridgehead atoms. The molecule has 1 aliphatic heterocycles. The molecule has 0 spiro atoms. The van der Waals surface area contributed by atoms with Crippen molar-refractivity contribution in [3.05, 3.63) is 91.0 Å². The number of nitrogens with one attached hydrogen (secondary N) is 3. The number of benzene rings is 2. The highest BCUT2D eigenvalue weighted by Crippen LogP contribution is 2.33. The van der Waals surface area contributed by atoms with Crippen molar-refractivity contribution in [1.29, 1.82) is 0 Å². The molecule has 0 aliphatic carbocycles. The summed E-state index contributed by atoms with van der Waals surface area (Å²) in [5.74, 6) is 0.710. The third-order valence-electron chi connectivity index (χ3n) is 6.73. The summed E-state index contributed by atoms with van der Waals surface area (Å²) in [6.07, 6.45) is 8.35. The maximum Gasteiger partial charge on any atom is 0.159 e. The minimum absolute atomic E-state index is 0.710. The molecule has 6 aromatic rings. The summed E-state index contributed by atoms with van der Waals surface area (Å²) in [6.45, 7) is 4.25. The molecule has 1 aliphatic rings. The van der Waals surface area contributed by atoms with Gasteiger partial charge in [0.15, 0.2) is 5.82 Å². The highest BCUT2D eigenvalue weighted by Gasteiger charge is 2.17. The summed E-state index contributed by atoms with van der Waals surface area (Å²) in [4.78, 5) is 17.6. The number of H-pyrrole nitrogens is 2. The van der Waals surface area contributed by atoms with E-state index in [0.717, 1.165) is 80.7 Å². The van der Waals surface area contributed by atoms with Gasteiger partial charge in [-0.1, -0.05) is 30.8 Å². The van der Waals surface area contributed by atoms with Crippen LogP contribution in [0.4, 0.5) is 5.69 Å². The van der Waals surface area contributed by atoms with Crippen LogP contribution in [-0.4, -0.2) is 30.1 Å². The van der Waals surface area contributed by atoms with E-state index in [2.05, 4.69) is 74.5 Å². The van der Waals surface area contributed by atoms with E-state index < -0.39 is 0 Å². The molecule has 174 valence electrons. The van der Waals surface area contributed by atoms with Gasteiger partial charge in [-0.3, -0.25) is 15.1 Å². The normalized spacial score (nSPS) is 13.5. The third kappa shape index (κ3) is 3.53. The predicted molar refractivity (Wildman–Crippen MR) is 143 cm³/mol. The molecule has 0 radical (unpaired) electrons. The molecule has 0 fully saturated rings. The number of pyridine rings is 2. The minimum Gasteiger partial charge on any atom is -0.358 e. The number of allylic oxidation sites excluding steroid dienone is 1. The van der Waals surface area contributed by atoms with Gasteiger partial charge in [0.2, 0.25) is 0 Å². The van der Waals surface area contributed by atoms with E-state index in [1.807, 2.05) is 30.7 Å². The Morgan fingerprint density at radius 1 is 0.833 bits per heavy atom. The molecule has 0 atom stereocenters. The second kappa shape index (κ2) is 8.16. The molecule has 5 heterocycles. The number of aryl methyl sites for hydroxylation is 1. The summed E-state index contributed by atoms with van der Waals surface area (Å²) >= 11 is 0. The van der Waals surface area contributed by atoms with Crippen molar-refractivity contribution in [2.24, 2.45) is 0 Å². The second-order valence-corrected chi connectivity index (χ2v) is 9.22. The quantitative estimate of drug-likeness (QED) is 0.236. The average Bonchev–Trinajstić information content (AvgIpc) is 3.52. The molecule has 4 aromatic heterocycles. The first-order valence-electron chi connectivity index (χ1n) is 12.0. The summed E-state index contributed by atoms with van der Waals surface area (Å²) in [5, 5.41) is 12.2. The van der Waals surface area contributed by atoms with Gasteiger partial charge < -0.3 is 10.3 Å². The van der Waals surface area contributed by atoms with Crippen LogP contribution in [-0.2, 0) is 6.42 Å². The van der Waals surface area contributed by atoms with Gasteiger partial charge in [0.05, 0.1) is 28.6 Å². The number of aromatic amines is 2. The number of hydrogen-bond acceptors (Lipinski definition) is 5. The van der Waals surface area contributed by atoms with E-state index in [0.29, 0.717) is 5.82 Å². The fraction of sp³-hybridized carbons (Fsp3) is 0.103. The Morgan fingerprint density at radius 2 is 1.81 bits per heavy atom. The molecule has 0 saturated heterocycles. The zero-order chi connectivity index (χ0) is 24.1. The lowest BCUT2D eigenvalue weighted by molar-refractivity contribution is 0.816. The number of fused-ring (bicyclic) bond motifs is 9. The maximum atomic E-state index is 4.98. The Kier molecular flexibility index (Phi) is 4.67. The molecule has 7 heteroatoms. The number of anilines is 1. The van der Waals surface area contributed by atoms with Gasteiger partial charge in [0, 0.05) is 34.6 Å². The fourth-order valence-corrected chi connectivity index (χ4v) is 4.95. The molecule has 0 unspecified atom stereocenters. The zero-order valence-corrected chi connectivity index (χ0v) is 19.5. The highest BCUT2D eigenvalue weighted by atomic mass is 15.1. The molecule has 7 nitrogen and oxygen atoms in total. The Balaban J connectivity index is 1.45. The first kappa shape index (κ1) is 20.6. The minimum atomic E-state index is 0.710. The SMILES string of the molecule is C=C1CCCc2cccc(c2)-c2nccc3[nH]c(nc23)-c2n[nH]c3ccc(cc23)-c2cncc(c2)N1. The molecule has 2 aromatic carbocycles. The van der Waals surface area contributed by atoms with Crippen molar-refractivity contribution >= 4 is 27.6 Å². The van der Waals surface area contributed by atoms with Gasteiger partial charge in [-0.15, -0.1) is 0 Å². The van der Waals surface area contributed by atoms with Gasteiger partial charge in [0.25, 0.3) is 0 Å². The van der Waals surface area contributed by atoms with Crippen LogP contribution in [0.5, 0.6) is 0 Å². The summed E-state index contributed by atoms with van der Waals surface area (Å²) in [7, 11) is 0. The van der Waals surface area contributed by atoms with E-state index in [9.17, 15) is 0 Å². The van der Waals surface area contributed by atoms with Crippen LogP contribution in [0.15, 0.2) is 85.5 Å². The van der Waals surface area contributed by atoms with Crippen molar-refractivity contribution < 1.29 is 0 Å². The van der Waals surface area contributed by atoms with Gasteiger partial charge in [-0.2, -0.15) is 5.10 Å². The molecular weight excluding hydrogens is 446 g/mol. The molecule has 0 amide bonds. The third-order valence-corrected chi connectivity index (χ3v) is 6.73. The largest absolute Gasteiger partial charge is 0.358 e. The van der Waals surface area contributed by atoms with E-state index in [4.69, 9.17) is 9.97 Å². The van der Waals surface area contributed by atoms with Gasteiger partial charge in [0.1, 0.15) is 11.2 Å². The molecule has 36 heavy (non-hydrogen) atoms. The fourth-order valence-electron chi connectivity index (χ4n) is 4.95. The van der Waals surface area contributed by atoms with Crippen molar-refractivity contribution in [3.63, 3.8) is 0 Å². The lowest BCUT2D eigenvalue weighted by Gasteiger charge is -2.11. The Hall–Kier alpha value is -4.78. The first-order valence-corrected chi connectivity index (χ1v) is 12.0. The first-order chi connectivity index (χ1) is 17.7. The van der Waals surface area contributed by atoms with Gasteiger partial charge in [-0.05, 0) is 60.7 Å². The Labute approximate surface area is 207 Å². The van der Waals surface area contributed by atoms with Crippen LogP contribution < -0.4 is 5.32 Å². The van der Waals surface area contributed by atoms with Crippen LogP contribution in [0.2, 0.25) is 0 Å². The zero-order valence-electron chi connectivity index (χ0n) is 19.5. The standard InChI is InChI=1S/C29H23N7/c1-17-4-2-5-18-6-3-7-20(12-18)26-28-25(10-11-31-26)33-29(34-28)27-23-14-19(8-9-24(23)35-36-27)21-13-22(32-17)16-30-15-21/h3,6-16,32H,1-2,4-5H2,(H,33,34)(H,35,36). The monoisotopic (exact) mass is 469 g/mol. The van der Waals surface area contributed by atoms with Crippen molar-refractivity contribution in [1.82, 2.24) is 30.1 Å². The van der Waals surface area contributed by atoms with Crippen LogP contribution >= 0.6 is 0 Å². The highest BCUT2D eigenvalue weighted by molar-refractivity contribution is 5.97. The molecule has 0 saturated carbocycles. The summed E-state index contributed by atoms with van der Waals surface area (Å²) in [5.41, 5.74) is 10.7. The maximum absolute atomic E-state index is 4.98. The van der Waals surface area contributed by atoms with E-state index >= 15 is 0 Å². The van der Waals surface area contributed by atoms with Crippen LogP contribution in [0.3, 0.4) is 0 Å². The number of rotatable bonds is 0. The Morgan fingerprint density at radius 3 is 2.78 bits per heavy atom. The van der Waals surface area contributed by atoms with Gasteiger partial charge >= 0.3 is 0 Å².